The van der Waals surface area contributed by atoms with Crippen molar-refractivity contribution < 1.29 is 4.79 Å². The lowest BCUT2D eigenvalue weighted by atomic mass is 9.92. The highest BCUT2D eigenvalue weighted by atomic mass is 35.5. The molecule has 6 heteroatoms. The SMILES string of the molecule is Cl.O=C(CCC1CCNCC1)N1CCc2cc(Cl)cc(Cl)c2C1. The van der Waals surface area contributed by atoms with E-state index in [0.29, 0.717) is 28.9 Å². The number of benzene rings is 1. The molecule has 1 aromatic carbocycles. The van der Waals surface area contributed by atoms with E-state index in [-0.39, 0.29) is 18.3 Å². The topological polar surface area (TPSA) is 32.3 Å². The van der Waals surface area contributed by atoms with Crippen LogP contribution in [0.1, 0.15) is 36.8 Å². The highest BCUT2D eigenvalue weighted by Crippen LogP contribution is 2.30. The van der Waals surface area contributed by atoms with Crippen LogP contribution in [0.5, 0.6) is 0 Å². The summed E-state index contributed by atoms with van der Waals surface area (Å²) < 4.78 is 0. The van der Waals surface area contributed by atoms with E-state index >= 15 is 0 Å². The molecule has 0 atom stereocenters. The van der Waals surface area contributed by atoms with Crippen LogP contribution in [-0.4, -0.2) is 30.4 Å². The number of amides is 1. The number of hydrogen-bond acceptors (Lipinski definition) is 2. The highest BCUT2D eigenvalue weighted by molar-refractivity contribution is 6.35. The molecule has 1 amide bonds. The third-order valence-electron chi connectivity index (χ3n) is 4.83. The van der Waals surface area contributed by atoms with Crippen molar-refractivity contribution in [3.8, 4) is 0 Å². The van der Waals surface area contributed by atoms with Crippen molar-refractivity contribution in [3.63, 3.8) is 0 Å². The number of carbonyl (C=O) groups is 1. The van der Waals surface area contributed by atoms with E-state index in [1.165, 1.54) is 18.4 Å². The van der Waals surface area contributed by atoms with E-state index in [4.69, 9.17) is 23.2 Å². The van der Waals surface area contributed by atoms with Crippen molar-refractivity contribution in [3.05, 3.63) is 33.3 Å². The third kappa shape index (κ3) is 4.76. The number of carbonyl (C=O) groups excluding carboxylic acids is 1. The van der Waals surface area contributed by atoms with E-state index in [1.807, 2.05) is 11.0 Å². The molecule has 23 heavy (non-hydrogen) atoms. The molecule has 1 saturated heterocycles. The van der Waals surface area contributed by atoms with Crippen molar-refractivity contribution in [1.29, 1.82) is 0 Å². The molecule has 0 aromatic heterocycles. The average molecular weight is 378 g/mol. The molecule has 3 rings (SSSR count). The van der Waals surface area contributed by atoms with Gasteiger partial charge in [0, 0.05) is 29.6 Å². The number of piperidine rings is 1. The van der Waals surface area contributed by atoms with Gasteiger partial charge in [0.2, 0.25) is 5.91 Å². The zero-order valence-corrected chi connectivity index (χ0v) is 15.4. The molecule has 1 aromatic rings. The zero-order valence-electron chi connectivity index (χ0n) is 13.1. The summed E-state index contributed by atoms with van der Waals surface area (Å²) in [4.78, 5) is 14.4. The molecule has 0 spiro atoms. The summed E-state index contributed by atoms with van der Waals surface area (Å²) in [6.07, 6.45) is 4.90. The fourth-order valence-corrected chi connectivity index (χ4v) is 4.05. The van der Waals surface area contributed by atoms with Gasteiger partial charge in [0.15, 0.2) is 0 Å². The number of rotatable bonds is 3. The van der Waals surface area contributed by atoms with Gasteiger partial charge in [0.1, 0.15) is 0 Å². The maximum absolute atomic E-state index is 12.5. The van der Waals surface area contributed by atoms with Crippen LogP contribution in [0, 0.1) is 5.92 Å². The first-order valence-corrected chi connectivity index (χ1v) is 8.84. The molecule has 128 valence electrons. The van der Waals surface area contributed by atoms with Crippen LogP contribution in [0.3, 0.4) is 0 Å². The van der Waals surface area contributed by atoms with Crippen molar-refractivity contribution >= 4 is 41.5 Å². The summed E-state index contributed by atoms with van der Waals surface area (Å²) in [6.45, 7) is 3.57. The maximum Gasteiger partial charge on any atom is 0.222 e. The fraction of sp³-hybridized carbons (Fsp3) is 0.588. The van der Waals surface area contributed by atoms with Crippen LogP contribution < -0.4 is 5.32 Å². The van der Waals surface area contributed by atoms with Gasteiger partial charge in [-0.1, -0.05) is 23.2 Å². The molecular formula is C17H23Cl3N2O. The van der Waals surface area contributed by atoms with Crippen molar-refractivity contribution in [1.82, 2.24) is 10.2 Å². The minimum absolute atomic E-state index is 0. The maximum atomic E-state index is 12.5. The van der Waals surface area contributed by atoms with Gasteiger partial charge >= 0.3 is 0 Å². The van der Waals surface area contributed by atoms with E-state index in [9.17, 15) is 4.79 Å². The second-order valence-electron chi connectivity index (χ2n) is 6.32. The second-order valence-corrected chi connectivity index (χ2v) is 7.17. The summed E-state index contributed by atoms with van der Waals surface area (Å²) in [7, 11) is 0. The Morgan fingerprint density at radius 1 is 1.26 bits per heavy atom. The summed E-state index contributed by atoms with van der Waals surface area (Å²) >= 11 is 12.3. The molecule has 2 aliphatic rings. The lowest BCUT2D eigenvalue weighted by Gasteiger charge is -2.30. The molecule has 0 saturated carbocycles. The van der Waals surface area contributed by atoms with Crippen LogP contribution in [0.25, 0.3) is 0 Å². The van der Waals surface area contributed by atoms with Crippen LogP contribution in [0.4, 0.5) is 0 Å². The third-order valence-corrected chi connectivity index (χ3v) is 5.39. The Kier molecular flexibility index (Phi) is 7.02. The molecule has 0 unspecified atom stereocenters. The van der Waals surface area contributed by atoms with Crippen molar-refractivity contribution in [2.45, 2.75) is 38.6 Å². The van der Waals surface area contributed by atoms with E-state index in [2.05, 4.69) is 5.32 Å². The van der Waals surface area contributed by atoms with Gasteiger partial charge in [0.05, 0.1) is 0 Å². The summed E-state index contributed by atoms with van der Waals surface area (Å²) in [5.41, 5.74) is 2.24. The van der Waals surface area contributed by atoms with E-state index in [0.717, 1.165) is 38.0 Å². The summed E-state index contributed by atoms with van der Waals surface area (Å²) in [6, 6.07) is 3.74. The molecule has 0 aliphatic carbocycles. The summed E-state index contributed by atoms with van der Waals surface area (Å²) in [5, 5.41) is 4.72. The normalized spacial score (nSPS) is 18.3. The molecular weight excluding hydrogens is 355 g/mol. The number of nitrogens with one attached hydrogen (secondary N) is 1. The van der Waals surface area contributed by atoms with Gasteiger partial charge < -0.3 is 10.2 Å². The highest BCUT2D eigenvalue weighted by Gasteiger charge is 2.24. The molecule has 2 heterocycles. The standard InChI is InChI=1S/C17H22Cl2N2O.ClH/c18-14-9-13-5-8-21(11-15(13)16(19)10-14)17(22)2-1-12-3-6-20-7-4-12;/h9-10,12,20H,1-8,11H2;1H. The number of nitrogens with zero attached hydrogens (tertiary/aromatic N) is 1. The average Bonchev–Trinajstić information content (AvgIpc) is 2.53. The first kappa shape index (κ1) is 18.9. The summed E-state index contributed by atoms with van der Waals surface area (Å²) in [5.74, 6) is 0.958. The smallest absolute Gasteiger partial charge is 0.222 e. The Morgan fingerprint density at radius 2 is 2.00 bits per heavy atom. The molecule has 0 bridgehead atoms. The molecule has 1 fully saturated rings. The van der Waals surface area contributed by atoms with E-state index in [1.54, 1.807) is 6.07 Å². The second kappa shape index (κ2) is 8.57. The Balaban J connectivity index is 0.00000192. The van der Waals surface area contributed by atoms with Crippen LogP contribution in [-0.2, 0) is 17.8 Å². The Bertz CT molecular complexity index is 559. The van der Waals surface area contributed by atoms with Crippen LogP contribution in [0.2, 0.25) is 10.0 Å². The van der Waals surface area contributed by atoms with E-state index < -0.39 is 0 Å². The predicted octanol–water partition coefficient (Wildman–Crippen LogP) is 4.08. The lowest BCUT2D eigenvalue weighted by molar-refractivity contribution is -0.132. The number of halogens is 3. The fourth-order valence-electron chi connectivity index (χ4n) is 3.45. The minimum atomic E-state index is 0. The predicted molar refractivity (Wildman–Crippen MR) is 97.7 cm³/mol. The van der Waals surface area contributed by atoms with Crippen LogP contribution >= 0.6 is 35.6 Å². The van der Waals surface area contributed by atoms with Gasteiger partial charge in [-0.15, -0.1) is 12.4 Å². The monoisotopic (exact) mass is 376 g/mol. The molecule has 3 nitrogen and oxygen atoms in total. The van der Waals surface area contributed by atoms with Crippen LogP contribution in [0.15, 0.2) is 12.1 Å². The molecule has 2 aliphatic heterocycles. The molecule has 0 radical (unpaired) electrons. The van der Waals surface area contributed by atoms with Crippen molar-refractivity contribution in [2.24, 2.45) is 5.92 Å². The zero-order chi connectivity index (χ0) is 15.5. The molecule has 1 N–H and O–H groups in total. The largest absolute Gasteiger partial charge is 0.338 e. The van der Waals surface area contributed by atoms with Gasteiger partial charge in [-0.2, -0.15) is 0 Å². The van der Waals surface area contributed by atoms with Gasteiger partial charge in [-0.25, -0.2) is 0 Å². The lowest BCUT2D eigenvalue weighted by Crippen LogP contribution is -2.36. The Morgan fingerprint density at radius 3 is 2.74 bits per heavy atom. The van der Waals surface area contributed by atoms with Gasteiger partial charge in [-0.3, -0.25) is 4.79 Å². The number of fused-ring (bicyclic) bond motifs is 1. The minimum Gasteiger partial charge on any atom is -0.338 e. The Labute approximate surface area is 154 Å². The Hall–Kier alpha value is -0.480. The first-order chi connectivity index (χ1) is 10.6. The van der Waals surface area contributed by atoms with Crippen molar-refractivity contribution in [2.75, 3.05) is 19.6 Å². The number of hydrogen-bond donors (Lipinski definition) is 1. The van der Waals surface area contributed by atoms with Gasteiger partial charge in [0.25, 0.3) is 0 Å². The first-order valence-electron chi connectivity index (χ1n) is 8.09. The van der Waals surface area contributed by atoms with Gasteiger partial charge in [-0.05, 0) is 68.0 Å². The quantitative estimate of drug-likeness (QED) is 0.861.